The van der Waals surface area contributed by atoms with Gasteiger partial charge in [-0.25, -0.2) is 4.98 Å². The third-order valence-corrected chi connectivity index (χ3v) is 7.96. The van der Waals surface area contributed by atoms with Crippen molar-refractivity contribution in [2.24, 2.45) is 0 Å². The van der Waals surface area contributed by atoms with Gasteiger partial charge in [0.25, 0.3) is 5.56 Å². The van der Waals surface area contributed by atoms with E-state index in [1.54, 1.807) is 11.3 Å². The number of nitrogens with zero attached hydrogens (tertiary/aromatic N) is 3. The average molecular weight is 489 g/mol. The lowest BCUT2D eigenvalue weighted by Crippen LogP contribution is -2.51. The molecule has 9 heteroatoms. The van der Waals surface area contributed by atoms with Crippen LogP contribution in [0.3, 0.4) is 0 Å². The first kappa shape index (κ1) is 23.0. The Balaban J connectivity index is 1.12. The lowest BCUT2D eigenvalue weighted by Gasteiger charge is -2.36. The third-order valence-electron chi connectivity index (χ3n) is 6.52. The first-order chi connectivity index (χ1) is 16.1. The van der Waals surface area contributed by atoms with Crippen LogP contribution in [0.5, 0.6) is 0 Å². The van der Waals surface area contributed by atoms with E-state index in [-0.39, 0.29) is 12.2 Å². The molecule has 2 aromatic heterocycles. The fourth-order valence-corrected chi connectivity index (χ4v) is 6.09. The third kappa shape index (κ3) is 5.31. The number of ether oxygens (including phenoxy) is 1. The van der Waals surface area contributed by atoms with Crippen molar-refractivity contribution in [1.29, 1.82) is 0 Å². The zero-order valence-corrected chi connectivity index (χ0v) is 20.1. The van der Waals surface area contributed by atoms with Gasteiger partial charge in [0, 0.05) is 36.1 Å². The summed E-state index contributed by atoms with van der Waals surface area (Å²) in [7, 11) is 0. The van der Waals surface area contributed by atoms with Crippen LogP contribution in [0, 0.1) is 0 Å². The molecule has 7 nitrogen and oxygen atoms in total. The number of hydrogen-bond acceptors (Lipinski definition) is 7. The van der Waals surface area contributed by atoms with E-state index in [2.05, 4.69) is 9.88 Å². The second-order valence-electron chi connectivity index (χ2n) is 8.84. The van der Waals surface area contributed by atoms with Gasteiger partial charge in [-0.2, -0.15) is 0 Å². The summed E-state index contributed by atoms with van der Waals surface area (Å²) in [4.78, 5) is 27.1. The number of aromatic nitrogens is 2. The standard InChI is InChI=1S/C24H29ClN4O3S/c25-17-7-5-16(6-8-17)14-32-15-21(30)29-11-9-28(10-12-29)13-20-26-23(31)22-18-3-1-2-4-19(18)33-24(22)27-20/h5-8,21,30H,1-4,9-15H2,(H,26,27,31)/t21-/m0/s1. The molecule has 3 aromatic rings. The Hall–Kier alpha value is -1.81. The van der Waals surface area contributed by atoms with Gasteiger partial charge < -0.3 is 14.8 Å². The number of hydrogen-bond donors (Lipinski definition) is 2. The first-order valence-electron chi connectivity index (χ1n) is 11.6. The van der Waals surface area contributed by atoms with E-state index in [0.717, 1.165) is 67.0 Å². The van der Waals surface area contributed by atoms with Crippen LogP contribution in [0.15, 0.2) is 29.1 Å². The monoisotopic (exact) mass is 488 g/mol. The predicted octanol–water partition coefficient (Wildman–Crippen LogP) is 3.17. The van der Waals surface area contributed by atoms with Gasteiger partial charge in [0.15, 0.2) is 0 Å². The van der Waals surface area contributed by atoms with Gasteiger partial charge >= 0.3 is 0 Å². The minimum absolute atomic E-state index is 0.00120. The molecule has 33 heavy (non-hydrogen) atoms. The molecule has 0 bridgehead atoms. The molecule has 1 aliphatic heterocycles. The van der Waals surface area contributed by atoms with E-state index in [1.807, 2.05) is 29.2 Å². The van der Waals surface area contributed by atoms with E-state index in [9.17, 15) is 9.90 Å². The molecule has 0 unspecified atom stereocenters. The van der Waals surface area contributed by atoms with Crippen molar-refractivity contribution >= 4 is 33.2 Å². The highest BCUT2D eigenvalue weighted by Gasteiger charge is 2.24. The molecular formula is C24H29ClN4O3S. The topological polar surface area (TPSA) is 81.7 Å². The number of H-pyrrole nitrogens is 1. The van der Waals surface area contributed by atoms with Crippen molar-refractivity contribution in [2.75, 3.05) is 32.8 Å². The highest BCUT2D eigenvalue weighted by atomic mass is 35.5. The number of aliphatic hydroxyl groups excluding tert-OH is 1. The zero-order valence-electron chi connectivity index (χ0n) is 18.6. The number of rotatable bonds is 7. The quantitative estimate of drug-likeness (QED) is 0.531. The van der Waals surface area contributed by atoms with Crippen molar-refractivity contribution < 1.29 is 9.84 Å². The maximum Gasteiger partial charge on any atom is 0.259 e. The SMILES string of the molecule is O=c1[nH]c(CN2CCN([C@@H](O)COCc3ccc(Cl)cc3)CC2)nc2sc3c(c12)CCCC3. The maximum absolute atomic E-state index is 12.8. The number of aryl methyl sites for hydroxylation is 2. The first-order valence-corrected chi connectivity index (χ1v) is 12.8. The fraction of sp³-hybridized carbons (Fsp3) is 0.500. The Kier molecular flexibility index (Phi) is 7.10. The summed E-state index contributed by atoms with van der Waals surface area (Å²) in [6.45, 7) is 4.41. The summed E-state index contributed by atoms with van der Waals surface area (Å²) in [5.41, 5.74) is 2.25. The van der Waals surface area contributed by atoms with Gasteiger partial charge in [-0.3, -0.25) is 14.6 Å². The molecule has 3 heterocycles. The van der Waals surface area contributed by atoms with Crippen LogP contribution in [-0.2, 0) is 30.7 Å². The number of halogens is 1. The van der Waals surface area contributed by atoms with Crippen molar-refractivity contribution in [3.8, 4) is 0 Å². The molecule has 1 aromatic carbocycles. The Bertz CT molecular complexity index is 1150. The van der Waals surface area contributed by atoms with Crippen LogP contribution in [-0.4, -0.2) is 63.9 Å². The van der Waals surface area contributed by atoms with E-state index in [0.29, 0.717) is 18.2 Å². The summed E-state index contributed by atoms with van der Waals surface area (Å²) in [6, 6.07) is 7.52. The molecule has 0 saturated carbocycles. The number of benzene rings is 1. The van der Waals surface area contributed by atoms with Crippen LogP contribution in [0.4, 0.5) is 0 Å². The molecule has 2 N–H and O–H groups in total. The minimum Gasteiger partial charge on any atom is -0.376 e. The summed E-state index contributed by atoms with van der Waals surface area (Å²) in [6.07, 6.45) is 3.78. The van der Waals surface area contributed by atoms with Gasteiger partial charge in [-0.1, -0.05) is 23.7 Å². The van der Waals surface area contributed by atoms with E-state index < -0.39 is 6.23 Å². The van der Waals surface area contributed by atoms with Gasteiger partial charge in [-0.15, -0.1) is 11.3 Å². The number of fused-ring (bicyclic) bond motifs is 3. The van der Waals surface area contributed by atoms with Crippen LogP contribution >= 0.6 is 22.9 Å². The molecule has 1 atom stereocenters. The van der Waals surface area contributed by atoms with Crippen LogP contribution in [0.1, 0.15) is 34.7 Å². The van der Waals surface area contributed by atoms with E-state index in [4.69, 9.17) is 21.3 Å². The molecule has 0 radical (unpaired) electrons. The highest BCUT2D eigenvalue weighted by Crippen LogP contribution is 2.33. The Morgan fingerprint density at radius 1 is 1.15 bits per heavy atom. The van der Waals surface area contributed by atoms with Crippen molar-refractivity contribution in [3.05, 3.63) is 61.5 Å². The summed E-state index contributed by atoms with van der Waals surface area (Å²) < 4.78 is 5.69. The zero-order chi connectivity index (χ0) is 22.8. The largest absolute Gasteiger partial charge is 0.376 e. The number of nitrogens with one attached hydrogen (secondary N) is 1. The molecular weight excluding hydrogens is 460 g/mol. The van der Waals surface area contributed by atoms with Crippen molar-refractivity contribution in [1.82, 2.24) is 19.8 Å². The van der Waals surface area contributed by atoms with E-state index >= 15 is 0 Å². The number of aromatic amines is 1. The second kappa shape index (κ2) is 10.2. The molecule has 0 amide bonds. The molecule has 176 valence electrons. The number of piperazine rings is 1. The lowest BCUT2D eigenvalue weighted by molar-refractivity contribution is -0.0784. The molecule has 0 spiro atoms. The van der Waals surface area contributed by atoms with Gasteiger partial charge in [-0.05, 0) is 48.9 Å². The summed E-state index contributed by atoms with van der Waals surface area (Å²) >= 11 is 7.59. The van der Waals surface area contributed by atoms with Crippen molar-refractivity contribution in [3.63, 3.8) is 0 Å². The van der Waals surface area contributed by atoms with E-state index in [1.165, 1.54) is 16.9 Å². The van der Waals surface area contributed by atoms with Gasteiger partial charge in [0.05, 0.1) is 25.1 Å². The number of thiophene rings is 1. The molecule has 1 saturated heterocycles. The summed E-state index contributed by atoms with van der Waals surface area (Å²) in [5.74, 6) is 0.728. The van der Waals surface area contributed by atoms with Crippen molar-refractivity contribution in [2.45, 2.75) is 45.1 Å². The van der Waals surface area contributed by atoms with Gasteiger partial charge in [0.2, 0.25) is 0 Å². The second-order valence-corrected chi connectivity index (χ2v) is 10.4. The van der Waals surface area contributed by atoms with Crippen LogP contribution in [0.2, 0.25) is 5.02 Å². The normalized spacial score (nSPS) is 18.5. The minimum atomic E-state index is -0.633. The maximum atomic E-state index is 12.8. The lowest BCUT2D eigenvalue weighted by atomic mass is 9.97. The Morgan fingerprint density at radius 2 is 1.91 bits per heavy atom. The predicted molar refractivity (Wildman–Crippen MR) is 131 cm³/mol. The fourth-order valence-electron chi connectivity index (χ4n) is 4.68. The van der Waals surface area contributed by atoms with Gasteiger partial charge in [0.1, 0.15) is 16.9 Å². The average Bonchev–Trinajstić information content (AvgIpc) is 3.19. The molecule has 2 aliphatic rings. The highest BCUT2D eigenvalue weighted by molar-refractivity contribution is 7.18. The summed E-state index contributed by atoms with van der Waals surface area (Å²) in [5, 5.41) is 12.0. The van der Waals surface area contributed by atoms with Crippen LogP contribution < -0.4 is 5.56 Å². The Labute approximate surface area is 202 Å². The molecule has 1 fully saturated rings. The molecule has 5 rings (SSSR count). The van der Waals surface area contributed by atoms with Crippen LogP contribution in [0.25, 0.3) is 10.2 Å². The smallest absolute Gasteiger partial charge is 0.259 e. The Morgan fingerprint density at radius 3 is 2.70 bits per heavy atom. The number of aliphatic hydroxyl groups is 1. The molecule has 1 aliphatic carbocycles.